The number of nitrogens with two attached hydrogens (primary N) is 1. The van der Waals surface area contributed by atoms with Gasteiger partial charge in [-0.2, -0.15) is 0 Å². The predicted octanol–water partition coefficient (Wildman–Crippen LogP) is 1.10. The molecule has 2 rings (SSSR count). The van der Waals surface area contributed by atoms with E-state index < -0.39 is 0 Å². The Hall–Kier alpha value is -0.610. The lowest BCUT2D eigenvalue weighted by Crippen LogP contribution is -2.47. The fourth-order valence-electron chi connectivity index (χ4n) is 3.19. The Morgan fingerprint density at radius 1 is 1.28 bits per heavy atom. The van der Waals surface area contributed by atoms with E-state index in [1.807, 2.05) is 0 Å². The average Bonchev–Trinajstić information content (AvgIpc) is 2.85. The molecule has 0 radical (unpaired) electrons. The Kier molecular flexibility index (Phi) is 5.01. The molecule has 0 aromatic rings. The van der Waals surface area contributed by atoms with E-state index >= 15 is 0 Å². The van der Waals surface area contributed by atoms with Gasteiger partial charge < -0.3 is 11.1 Å². The van der Waals surface area contributed by atoms with Crippen molar-refractivity contribution < 1.29 is 4.79 Å². The molecule has 2 fully saturated rings. The molecule has 4 heteroatoms. The van der Waals surface area contributed by atoms with Gasteiger partial charge in [0.15, 0.2) is 0 Å². The fraction of sp³-hybridized carbons (Fsp3) is 0.929. The van der Waals surface area contributed by atoms with E-state index in [4.69, 9.17) is 5.73 Å². The first kappa shape index (κ1) is 13.8. The largest absolute Gasteiger partial charge is 0.352 e. The predicted molar refractivity (Wildman–Crippen MR) is 73.2 cm³/mol. The summed E-state index contributed by atoms with van der Waals surface area (Å²) in [5.74, 6) is 0.883. The van der Waals surface area contributed by atoms with Crippen molar-refractivity contribution in [2.45, 2.75) is 57.5 Å². The molecule has 0 aromatic heterocycles. The monoisotopic (exact) mass is 253 g/mol. The molecular weight excluding hydrogens is 226 g/mol. The van der Waals surface area contributed by atoms with E-state index in [1.54, 1.807) is 0 Å². The van der Waals surface area contributed by atoms with Gasteiger partial charge in [-0.05, 0) is 38.5 Å². The molecule has 2 aliphatic rings. The minimum atomic E-state index is 0.185. The first-order chi connectivity index (χ1) is 8.65. The zero-order valence-corrected chi connectivity index (χ0v) is 11.5. The first-order valence-corrected chi connectivity index (χ1v) is 7.42. The Labute approximate surface area is 110 Å². The molecule has 1 aliphatic carbocycles. The molecule has 0 aromatic carbocycles. The second-order valence-electron chi connectivity index (χ2n) is 6.01. The van der Waals surface area contributed by atoms with E-state index in [9.17, 15) is 4.79 Å². The van der Waals surface area contributed by atoms with Crippen molar-refractivity contribution in [1.29, 1.82) is 0 Å². The minimum absolute atomic E-state index is 0.185. The second-order valence-corrected chi connectivity index (χ2v) is 6.01. The number of likely N-dealkylation sites (tertiary alicyclic amines) is 1. The average molecular weight is 253 g/mol. The smallest absolute Gasteiger partial charge is 0.234 e. The van der Waals surface area contributed by atoms with Crippen LogP contribution in [0.4, 0.5) is 0 Å². The SMILES string of the molecule is C[C@@H](NC(=O)CN1CCC(N)CC1)C1CCCC1. The van der Waals surface area contributed by atoms with Crippen LogP contribution in [0.5, 0.6) is 0 Å². The number of nitrogens with zero attached hydrogens (tertiary/aromatic N) is 1. The van der Waals surface area contributed by atoms with Crippen molar-refractivity contribution in [3.05, 3.63) is 0 Å². The summed E-state index contributed by atoms with van der Waals surface area (Å²) in [6.45, 7) is 4.63. The van der Waals surface area contributed by atoms with Crippen LogP contribution >= 0.6 is 0 Å². The zero-order valence-electron chi connectivity index (χ0n) is 11.5. The molecule has 0 spiro atoms. The molecule has 0 bridgehead atoms. The highest BCUT2D eigenvalue weighted by atomic mass is 16.2. The number of hydrogen-bond donors (Lipinski definition) is 2. The highest BCUT2D eigenvalue weighted by Crippen LogP contribution is 2.27. The van der Waals surface area contributed by atoms with Crippen LogP contribution in [-0.4, -0.2) is 42.5 Å². The van der Waals surface area contributed by atoms with E-state index in [0.717, 1.165) is 25.9 Å². The Morgan fingerprint density at radius 2 is 1.89 bits per heavy atom. The molecule has 1 saturated heterocycles. The lowest BCUT2D eigenvalue weighted by atomic mass is 10.00. The van der Waals surface area contributed by atoms with E-state index in [0.29, 0.717) is 24.5 Å². The van der Waals surface area contributed by atoms with Gasteiger partial charge in [0.1, 0.15) is 0 Å². The Bertz CT molecular complexity index is 268. The van der Waals surface area contributed by atoms with Crippen LogP contribution < -0.4 is 11.1 Å². The summed E-state index contributed by atoms with van der Waals surface area (Å²) in [4.78, 5) is 14.2. The maximum atomic E-state index is 12.0. The molecule has 18 heavy (non-hydrogen) atoms. The quantitative estimate of drug-likeness (QED) is 0.789. The summed E-state index contributed by atoms with van der Waals surface area (Å²) in [6.07, 6.45) is 7.25. The molecule has 4 nitrogen and oxygen atoms in total. The number of piperidine rings is 1. The van der Waals surface area contributed by atoms with Gasteiger partial charge in [-0.25, -0.2) is 0 Å². The summed E-state index contributed by atoms with van der Waals surface area (Å²) in [6, 6.07) is 0.675. The first-order valence-electron chi connectivity index (χ1n) is 7.42. The number of carbonyl (C=O) groups is 1. The third kappa shape index (κ3) is 3.95. The number of amides is 1. The van der Waals surface area contributed by atoms with Crippen molar-refractivity contribution in [1.82, 2.24) is 10.2 Å². The van der Waals surface area contributed by atoms with Gasteiger partial charge in [0.05, 0.1) is 6.54 Å². The van der Waals surface area contributed by atoms with Gasteiger partial charge in [0.25, 0.3) is 0 Å². The van der Waals surface area contributed by atoms with E-state index in [2.05, 4.69) is 17.1 Å². The number of rotatable bonds is 4. The topological polar surface area (TPSA) is 58.4 Å². The molecule has 1 aliphatic heterocycles. The Balaban J connectivity index is 1.68. The highest BCUT2D eigenvalue weighted by molar-refractivity contribution is 5.78. The summed E-state index contributed by atoms with van der Waals surface area (Å²) in [7, 11) is 0. The van der Waals surface area contributed by atoms with Crippen LogP contribution in [0.3, 0.4) is 0 Å². The standard InChI is InChI=1S/C14H27N3O/c1-11(12-4-2-3-5-12)16-14(18)10-17-8-6-13(15)7-9-17/h11-13H,2-10,15H2,1H3,(H,16,18)/t11-/m1/s1. The van der Waals surface area contributed by atoms with E-state index in [1.165, 1.54) is 25.7 Å². The van der Waals surface area contributed by atoms with Crippen LogP contribution in [-0.2, 0) is 4.79 Å². The minimum Gasteiger partial charge on any atom is -0.352 e. The lowest BCUT2D eigenvalue weighted by Gasteiger charge is -2.30. The molecule has 1 heterocycles. The third-order valence-electron chi connectivity index (χ3n) is 4.50. The van der Waals surface area contributed by atoms with Crippen molar-refractivity contribution >= 4 is 5.91 Å². The molecule has 1 saturated carbocycles. The van der Waals surface area contributed by atoms with Gasteiger partial charge >= 0.3 is 0 Å². The lowest BCUT2D eigenvalue weighted by molar-refractivity contribution is -0.123. The molecule has 1 amide bonds. The second kappa shape index (κ2) is 6.53. The van der Waals surface area contributed by atoms with Crippen LogP contribution in [0.15, 0.2) is 0 Å². The van der Waals surface area contributed by atoms with Crippen molar-refractivity contribution in [3.8, 4) is 0 Å². The van der Waals surface area contributed by atoms with Gasteiger partial charge in [-0.3, -0.25) is 9.69 Å². The van der Waals surface area contributed by atoms with Crippen molar-refractivity contribution in [2.75, 3.05) is 19.6 Å². The van der Waals surface area contributed by atoms with Crippen LogP contribution in [0.1, 0.15) is 45.4 Å². The van der Waals surface area contributed by atoms with Gasteiger partial charge in [-0.15, -0.1) is 0 Å². The third-order valence-corrected chi connectivity index (χ3v) is 4.50. The summed E-state index contributed by atoms with van der Waals surface area (Å²) < 4.78 is 0. The fourth-order valence-corrected chi connectivity index (χ4v) is 3.19. The van der Waals surface area contributed by atoms with Crippen LogP contribution in [0, 0.1) is 5.92 Å². The molecule has 0 unspecified atom stereocenters. The summed E-state index contributed by atoms with van der Waals surface area (Å²) in [5.41, 5.74) is 5.86. The van der Waals surface area contributed by atoms with E-state index in [-0.39, 0.29) is 5.91 Å². The zero-order chi connectivity index (χ0) is 13.0. The number of carbonyl (C=O) groups excluding carboxylic acids is 1. The normalized spacial score (nSPS) is 25.2. The van der Waals surface area contributed by atoms with Crippen LogP contribution in [0.25, 0.3) is 0 Å². The number of nitrogens with one attached hydrogen (secondary N) is 1. The van der Waals surface area contributed by atoms with Gasteiger partial charge in [0, 0.05) is 25.2 Å². The summed E-state index contributed by atoms with van der Waals surface area (Å²) in [5, 5.41) is 3.17. The molecular formula is C14H27N3O. The van der Waals surface area contributed by atoms with Crippen molar-refractivity contribution in [2.24, 2.45) is 11.7 Å². The highest BCUT2D eigenvalue weighted by Gasteiger charge is 2.24. The van der Waals surface area contributed by atoms with Gasteiger partial charge in [-0.1, -0.05) is 12.8 Å². The molecule has 3 N–H and O–H groups in total. The molecule has 1 atom stereocenters. The summed E-state index contributed by atoms with van der Waals surface area (Å²) >= 11 is 0. The van der Waals surface area contributed by atoms with Crippen molar-refractivity contribution in [3.63, 3.8) is 0 Å². The maximum absolute atomic E-state index is 12.0. The Morgan fingerprint density at radius 3 is 2.50 bits per heavy atom. The van der Waals surface area contributed by atoms with Gasteiger partial charge in [0.2, 0.25) is 5.91 Å². The molecule has 104 valence electrons. The number of hydrogen-bond acceptors (Lipinski definition) is 3. The van der Waals surface area contributed by atoms with Crippen LogP contribution in [0.2, 0.25) is 0 Å². The maximum Gasteiger partial charge on any atom is 0.234 e.